The summed E-state index contributed by atoms with van der Waals surface area (Å²) in [7, 11) is -4.01. The standard InChI is InChI=1S/C31H29NO7S/c1-23-12-18-28(19-13-23)40(35,36)39-27-16-14-24(15-17-27)20-29(30(33)37-21-25-8-4-2-5-9-25)32-31(34)38-22-26-10-6-3-7-11-26/h2-19,29H,20-22H2,1H3,(H,32,34)/t29-/m0/s1. The second kappa shape index (κ2) is 13.4. The molecule has 4 aromatic carbocycles. The van der Waals surface area contributed by atoms with Gasteiger partial charge in [0.15, 0.2) is 0 Å². The van der Waals surface area contributed by atoms with Crippen LogP contribution in [0.3, 0.4) is 0 Å². The fourth-order valence-corrected chi connectivity index (χ4v) is 4.66. The van der Waals surface area contributed by atoms with Gasteiger partial charge in [0.1, 0.15) is 29.9 Å². The molecule has 9 heteroatoms. The number of esters is 1. The first-order chi connectivity index (χ1) is 19.3. The monoisotopic (exact) mass is 559 g/mol. The van der Waals surface area contributed by atoms with Crippen LogP contribution in [-0.2, 0) is 44.0 Å². The molecule has 8 nitrogen and oxygen atoms in total. The predicted octanol–water partition coefficient (Wildman–Crippen LogP) is 5.34. The van der Waals surface area contributed by atoms with Crippen molar-refractivity contribution in [2.45, 2.75) is 37.5 Å². The van der Waals surface area contributed by atoms with E-state index < -0.39 is 28.2 Å². The maximum absolute atomic E-state index is 13.0. The van der Waals surface area contributed by atoms with Gasteiger partial charge in [-0.15, -0.1) is 0 Å². The lowest BCUT2D eigenvalue weighted by Gasteiger charge is -2.18. The Hall–Kier alpha value is -4.63. The van der Waals surface area contributed by atoms with Crippen molar-refractivity contribution in [2.24, 2.45) is 0 Å². The fourth-order valence-electron chi connectivity index (χ4n) is 3.73. The number of aryl methyl sites for hydroxylation is 1. The second-order valence-electron chi connectivity index (χ2n) is 9.05. The van der Waals surface area contributed by atoms with Crippen LogP contribution in [0.15, 0.2) is 114 Å². The highest BCUT2D eigenvalue weighted by Gasteiger charge is 2.24. The molecule has 0 spiro atoms. The van der Waals surface area contributed by atoms with Crippen LogP contribution in [0, 0.1) is 6.92 Å². The third kappa shape index (κ3) is 8.44. The zero-order chi connectivity index (χ0) is 28.4. The first kappa shape index (κ1) is 28.4. The van der Waals surface area contributed by atoms with Crippen LogP contribution in [0.25, 0.3) is 0 Å². The van der Waals surface area contributed by atoms with Crippen LogP contribution >= 0.6 is 0 Å². The lowest BCUT2D eigenvalue weighted by atomic mass is 10.1. The SMILES string of the molecule is Cc1ccc(S(=O)(=O)Oc2ccc(C[C@H](NC(=O)OCc3ccccc3)C(=O)OCc3ccccc3)cc2)cc1. The molecule has 0 heterocycles. The van der Waals surface area contributed by atoms with E-state index in [1.165, 1.54) is 24.3 Å². The van der Waals surface area contributed by atoms with Gasteiger partial charge < -0.3 is 19.0 Å². The van der Waals surface area contributed by atoms with Crippen LogP contribution in [0.1, 0.15) is 22.3 Å². The molecule has 0 aliphatic rings. The summed E-state index contributed by atoms with van der Waals surface area (Å²) in [5.74, 6) is -0.523. The Morgan fingerprint density at radius 2 is 1.25 bits per heavy atom. The van der Waals surface area contributed by atoms with Gasteiger partial charge in [-0.1, -0.05) is 90.5 Å². The number of rotatable bonds is 11. The van der Waals surface area contributed by atoms with Crippen molar-refractivity contribution >= 4 is 22.2 Å². The molecule has 0 saturated heterocycles. The van der Waals surface area contributed by atoms with E-state index in [0.717, 1.165) is 16.7 Å². The highest BCUT2D eigenvalue weighted by atomic mass is 32.2. The Labute approximate surface area is 233 Å². The van der Waals surface area contributed by atoms with E-state index >= 15 is 0 Å². The molecule has 40 heavy (non-hydrogen) atoms. The molecule has 1 atom stereocenters. The van der Waals surface area contributed by atoms with Crippen LogP contribution in [-0.4, -0.2) is 26.5 Å². The summed E-state index contributed by atoms with van der Waals surface area (Å²) < 4.78 is 41.2. The highest BCUT2D eigenvalue weighted by molar-refractivity contribution is 7.87. The first-order valence-electron chi connectivity index (χ1n) is 12.6. The number of carbonyl (C=O) groups is 2. The van der Waals surface area contributed by atoms with Gasteiger partial charge in [-0.2, -0.15) is 8.42 Å². The zero-order valence-electron chi connectivity index (χ0n) is 21.9. The molecule has 4 aromatic rings. The number of benzene rings is 4. The maximum atomic E-state index is 13.0. The van der Waals surface area contributed by atoms with Gasteiger partial charge in [-0.3, -0.25) is 0 Å². The average molecular weight is 560 g/mol. The molecule has 0 radical (unpaired) electrons. The van der Waals surface area contributed by atoms with Gasteiger partial charge in [-0.25, -0.2) is 9.59 Å². The van der Waals surface area contributed by atoms with Gasteiger partial charge in [0, 0.05) is 6.42 Å². The third-order valence-electron chi connectivity index (χ3n) is 5.89. The quantitative estimate of drug-likeness (QED) is 0.195. The Balaban J connectivity index is 1.42. The Bertz CT molecular complexity index is 1510. The van der Waals surface area contributed by atoms with Crippen LogP contribution < -0.4 is 9.50 Å². The average Bonchev–Trinajstić information content (AvgIpc) is 2.96. The smallest absolute Gasteiger partial charge is 0.408 e. The van der Waals surface area contributed by atoms with Crippen LogP contribution in [0.4, 0.5) is 4.79 Å². The Kier molecular flexibility index (Phi) is 9.53. The van der Waals surface area contributed by atoms with E-state index in [4.69, 9.17) is 13.7 Å². The first-order valence-corrected chi connectivity index (χ1v) is 14.0. The summed E-state index contributed by atoms with van der Waals surface area (Å²) >= 11 is 0. The summed E-state index contributed by atoms with van der Waals surface area (Å²) in [4.78, 5) is 25.5. The van der Waals surface area contributed by atoms with Gasteiger partial charge >= 0.3 is 22.2 Å². The zero-order valence-corrected chi connectivity index (χ0v) is 22.7. The molecular formula is C31H29NO7S. The molecule has 1 amide bonds. The minimum atomic E-state index is -4.01. The van der Waals surface area contributed by atoms with E-state index in [-0.39, 0.29) is 30.3 Å². The fraction of sp³-hybridized carbons (Fsp3) is 0.161. The van der Waals surface area contributed by atoms with Crippen molar-refractivity contribution in [2.75, 3.05) is 0 Å². The number of nitrogens with one attached hydrogen (secondary N) is 1. The van der Waals surface area contributed by atoms with Crippen molar-refractivity contribution in [3.8, 4) is 5.75 Å². The summed E-state index contributed by atoms with van der Waals surface area (Å²) in [5.41, 5.74) is 3.18. The lowest BCUT2D eigenvalue weighted by Crippen LogP contribution is -2.43. The molecule has 0 fully saturated rings. The van der Waals surface area contributed by atoms with Crippen molar-refractivity contribution in [3.63, 3.8) is 0 Å². The number of hydrogen-bond acceptors (Lipinski definition) is 7. The van der Waals surface area contributed by atoms with Gasteiger partial charge in [-0.05, 0) is 47.9 Å². The molecule has 0 aliphatic heterocycles. The third-order valence-corrected chi connectivity index (χ3v) is 7.15. The molecule has 1 N–H and O–H groups in total. The van der Waals surface area contributed by atoms with E-state index in [1.54, 1.807) is 24.3 Å². The maximum Gasteiger partial charge on any atom is 0.408 e. The highest BCUT2D eigenvalue weighted by Crippen LogP contribution is 2.20. The minimum absolute atomic E-state index is 0.0416. The summed E-state index contributed by atoms with van der Waals surface area (Å²) in [6.07, 6.45) is -0.686. The van der Waals surface area contributed by atoms with Crippen LogP contribution in [0.2, 0.25) is 0 Å². The van der Waals surface area contributed by atoms with E-state index in [2.05, 4.69) is 5.32 Å². The number of ether oxygens (including phenoxy) is 2. The van der Waals surface area contributed by atoms with Crippen molar-refractivity contribution in [1.29, 1.82) is 0 Å². The van der Waals surface area contributed by atoms with Gasteiger partial charge in [0.2, 0.25) is 0 Å². The summed E-state index contributed by atoms with van der Waals surface area (Å²) in [5, 5.41) is 2.59. The van der Waals surface area contributed by atoms with E-state index in [1.807, 2.05) is 67.6 Å². The molecule has 0 aromatic heterocycles. The normalized spacial score (nSPS) is 11.7. The van der Waals surface area contributed by atoms with E-state index in [0.29, 0.717) is 5.56 Å². The lowest BCUT2D eigenvalue weighted by molar-refractivity contribution is -0.147. The largest absolute Gasteiger partial charge is 0.459 e. The van der Waals surface area contributed by atoms with Gasteiger partial charge in [0.05, 0.1) is 0 Å². The minimum Gasteiger partial charge on any atom is -0.459 e. The van der Waals surface area contributed by atoms with Crippen molar-refractivity contribution < 1.29 is 31.7 Å². The number of carbonyl (C=O) groups excluding carboxylic acids is 2. The predicted molar refractivity (Wildman–Crippen MR) is 149 cm³/mol. The van der Waals surface area contributed by atoms with Crippen LogP contribution in [0.5, 0.6) is 5.75 Å². The molecule has 206 valence electrons. The summed E-state index contributed by atoms with van der Waals surface area (Å²) in [6, 6.07) is 29.9. The molecule has 4 rings (SSSR count). The van der Waals surface area contributed by atoms with Gasteiger partial charge in [0.25, 0.3) is 0 Å². The van der Waals surface area contributed by atoms with Crippen molar-refractivity contribution in [1.82, 2.24) is 5.32 Å². The molecule has 0 saturated carbocycles. The number of hydrogen-bond donors (Lipinski definition) is 1. The molecular weight excluding hydrogens is 530 g/mol. The second-order valence-corrected chi connectivity index (χ2v) is 10.6. The Morgan fingerprint density at radius 3 is 1.82 bits per heavy atom. The van der Waals surface area contributed by atoms with E-state index in [9.17, 15) is 18.0 Å². The number of alkyl carbamates (subject to hydrolysis) is 1. The number of amides is 1. The molecule has 0 bridgehead atoms. The summed E-state index contributed by atoms with van der Waals surface area (Å²) in [6.45, 7) is 1.94. The Morgan fingerprint density at radius 1 is 0.700 bits per heavy atom. The van der Waals surface area contributed by atoms with Crippen molar-refractivity contribution in [3.05, 3.63) is 131 Å². The molecule has 0 unspecified atom stereocenters. The molecule has 0 aliphatic carbocycles. The topological polar surface area (TPSA) is 108 Å².